The van der Waals surface area contributed by atoms with Gasteiger partial charge < -0.3 is 30.6 Å². The first-order chi connectivity index (χ1) is 20.5. The van der Waals surface area contributed by atoms with Gasteiger partial charge in [0.25, 0.3) is 0 Å². The van der Waals surface area contributed by atoms with Crippen LogP contribution in [0.1, 0.15) is 96.3 Å². The molecule has 4 aliphatic rings. The molecule has 6 unspecified atom stereocenters. The van der Waals surface area contributed by atoms with Gasteiger partial charge in [-0.25, -0.2) is 0 Å². The number of rotatable bonds is 12. The molecule has 0 aromatic heterocycles. The molecule has 0 radical (unpaired) electrons. The van der Waals surface area contributed by atoms with E-state index in [9.17, 15) is 44.4 Å². The lowest BCUT2D eigenvalue weighted by atomic mass is 9.73. The van der Waals surface area contributed by atoms with E-state index in [0.717, 1.165) is 57.8 Å². The highest BCUT2D eigenvalue weighted by atomic mass is 16.6. The third-order valence-corrected chi connectivity index (χ3v) is 10.8. The lowest BCUT2D eigenvalue weighted by Crippen LogP contribution is -2.47. The molecule has 4 fully saturated rings. The van der Waals surface area contributed by atoms with Gasteiger partial charge >= 0.3 is 23.9 Å². The van der Waals surface area contributed by atoms with Crippen LogP contribution in [0.25, 0.3) is 0 Å². The van der Waals surface area contributed by atoms with E-state index >= 15 is 0 Å². The molecule has 12 heteroatoms. The van der Waals surface area contributed by atoms with Crippen molar-refractivity contribution in [3.63, 3.8) is 0 Å². The van der Waals surface area contributed by atoms with Crippen molar-refractivity contribution in [3.8, 4) is 0 Å². The van der Waals surface area contributed by atoms with E-state index in [-0.39, 0.29) is 49.8 Å². The van der Waals surface area contributed by atoms with Crippen molar-refractivity contribution in [3.05, 3.63) is 0 Å². The van der Waals surface area contributed by atoms with Crippen molar-refractivity contribution in [2.75, 3.05) is 6.61 Å². The zero-order valence-electron chi connectivity index (χ0n) is 24.8. The van der Waals surface area contributed by atoms with Crippen LogP contribution in [-0.4, -0.2) is 68.9 Å². The van der Waals surface area contributed by atoms with Gasteiger partial charge in [0.2, 0.25) is 5.91 Å². The zero-order valence-corrected chi connectivity index (χ0v) is 24.8. The molecule has 6 atom stereocenters. The van der Waals surface area contributed by atoms with Crippen LogP contribution in [0.3, 0.4) is 0 Å². The monoisotopic (exact) mass is 608 g/mol. The number of hydroxylamine groups is 1. The van der Waals surface area contributed by atoms with E-state index in [4.69, 9.17) is 4.84 Å². The average molecular weight is 609 g/mol. The predicted octanol–water partition coefficient (Wildman–Crippen LogP) is 3.53. The Morgan fingerprint density at radius 2 is 1.07 bits per heavy atom. The Kier molecular flexibility index (Phi) is 11.8. The van der Waals surface area contributed by atoms with Crippen molar-refractivity contribution in [2.24, 2.45) is 47.3 Å². The Hall–Kier alpha value is -2.73. The molecule has 4 rings (SSSR count). The molecular weight excluding hydrogens is 560 g/mol. The summed E-state index contributed by atoms with van der Waals surface area (Å²) in [4.78, 5) is 64.9. The zero-order chi connectivity index (χ0) is 31.1. The van der Waals surface area contributed by atoms with Crippen molar-refractivity contribution < 1.29 is 49.2 Å². The van der Waals surface area contributed by atoms with Gasteiger partial charge in [0.05, 0.1) is 36.2 Å². The standard InChI is InChI=1S/C31H48N2O10/c34-27(26-15-20(29(37)38)6-12-25(26)31(41)42)32-22-7-1-17(2-8-22)13-18-3-9-23(10-4-18)33-43-16-21-14-19(28(35)36)5-11-24(21)30(39)40/h17-26,33H,1-16H2,(H,32,34)(H,35,36)(H,37,38)(H,39,40)(H,41,42). The average Bonchev–Trinajstić information content (AvgIpc) is 2.98. The van der Waals surface area contributed by atoms with E-state index < -0.39 is 53.5 Å². The lowest BCUT2D eigenvalue weighted by molar-refractivity contribution is -0.154. The number of carbonyl (C=O) groups is 5. The number of hydrogen-bond acceptors (Lipinski definition) is 7. The second-order valence-electron chi connectivity index (χ2n) is 13.6. The molecule has 4 saturated carbocycles. The summed E-state index contributed by atoms with van der Waals surface area (Å²) in [6.45, 7) is 0.193. The minimum Gasteiger partial charge on any atom is -0.481 e. The highest BCUT2D eigenvalue weighted by Crippen LogP contribution is 2.38. The summed E-state index contributed by atoms with van der Waals surface area (Å²) in [5.74, 6) is -6.61. The Bertz CT molecular complexity index is 1000. The highest BCUT2D eigenvalue weighted by molar-refractivity contribution is 5.86. The Morgan fingerprint density at radius 1 is 0.558 bits per heavy atom. The minimum absolute atomic E-state index is 0.00356. The fourth-order valence-corrected chi connectivity index (χ4v) is 8.09. The van der Waals surface area contributed by atoms with Crippen molar-refractivity contribution in [1.82, 2.24) is 10.8 Å². The summed E-state index contributed by atoms with van der Waals surface area (Å²) in [6.07, 6.45) is 10.5. The van der Waals surface area contributed by atoms with Gasteiger partial charge in [0.15, 0.2) is 0 Å². The van der Waals surface area contributed by atoms with Crippen LogP contribution in [0.2, 0.25) is 0 Å². The van der Waals surface area contributed by atoms with Crippen LogP contribution in [0.4, 0.5) is 0 Å². The minimum atomic E-state index is -1.03. The molecule has 1 amide bonds. The summed E-state index contributed by atoms with van der Waals surface area (Å²) in [5, 5.41) is 40.9. The molecule has 12 nitrogen and oxygen atoms in total. The normalized spacial score (nSPS) is 36.7. The van der Waals surface area contributed by atoms with Crippen LogP contribution in [0.15, 0.2) is 0 Å². The highest BCUT2D eigenvalue weighted by Gasteiger charge is 2.42. The van der Waals surface area contributed by atoms with Crippen LogP contribution in [0, 0.1) is 47.3 Å². The maximum absolute atomic E-state index is 13.0. The van der Waals surface area contributed by atoms with E-state index in [0.29, 0.717) is 31.1 Å². The Morgan fingerprint density at radius 3 is 1.60 bits per heavy atom. The molecule has 0 heterocycles. The Balaban J connectivity index is 1.13. The molecule has 43 heavy (non-hydrogen) atoms. The van der Waals surface area contributed by atoms with Crippen molar-refractivity contribution >= 4 is 29.8 Å². The molecule has 0 spiro atoms. The summed E-state index contributed by atoms with van der Waals surface area (Å²) in [5.41, 5.74) is 3.12. The van der Waals surface area contributed by atoms with Crippen molar-refractivity contribution in [1.29, 1.82) is 0 Å². The summed E-state index contributed by atoms with van der Waals surface area (Å²) >= 11 is 0. The SMILES string of the molecule is O=C(O)C1CCC(C(=O)O)C(CONC2CCC(CC3CCC(NC(=O)C4CC(C(=O)O)CCC4C(=O)O)CC3)CC2)C1. The molecule has 0 aromatic carbocycles. The second kappa shape index (κ2) is 15.3. The van der Waals surface area contributed by atoms with Crippen LogP contribution in [0.5, 0.6) is 0 Å². The summed E-state index contributed by atoms with van der Waals surface area (Å²) < 4.78 is 0. The molecule has 0 aromatic rings. The van der Waals surface area contributed by atoms with Gasteiger partial charge in [0, 0.05) is 12.1 Å². The number of amides is 1. The third-order valence-electron chi connectivity index (χ3n) is 10.8. The topological polar surface area (TPSA) is 200 Å². The number of nitrogens with one attached hydrogen (secondary N) is 2. The number of carbonyl (C=O) groups excluding carboxylic acids is 1. The maximum Gasteiger partial charge on any atom is 0.307 e. The number of carboxylic acid groups (broad SMARTS) is 4. The lowest BCUT2D eigenvalue weighted by Gasteiger charge is -2.36. The molecule has 242 valence electrons. The molecule has 4 aliphatic carbocycles. The Labute approximate surface area is 252 Å². The van der Waals surface area contributed by atoms with Gasteiger partial charge in [-0.15, -0.1) is 0 Å². The number of carboxylic acids is 4. The van der Waals surface area contributed by atoms with E-state index in [1.165, 1.54) is 0 Å². The fourth-order valence-electron chi connectivity index (χ4n) is 8.09. The largest absolute Gasteiger partial charge is 0.481 e. The third kappa shape index (κ3) is 9.14. The van der Waals surface area contributed by atoms with Gasteiger partial charge in [-0.1, -0.05) is 0 Å². The molecule has 6 N–H and O–H groups in total. The van der Waals surface area contributed by atoms with Crippen LogP contribution < -0.4 is 10.8 Å². The van der Waals surface area contributed by atoms with Gasteiger partial charge in [-0.3, -0.25) is 24.0 Å². The van der Waals surface area contributed by atoms with Gasteiger partial charge in [-0.05, 0) is 114 Å². The smallest absolute Gasteiger partial charge is 0.307 e. The summed E-state index contributed by atoms with van der Waals surface area (Å²) in [7, 11) is 0. The first-order valence-electron chi connectivity index (χ1n) is 16.1. The van der Waals surface area contributed by atoms with Crippen molar-refractivity contribution in [2.45, 2.75) is 108 Å². The number of hydrogen-bond donors (Lipinski definition) is 6. The summed E-state index contributed by atoms with van der Waals surface area (Å²) in [6, 6.07) is 0.190. The van der Waals surface area contributed by atoms with Crippen LogP contribution >= 0.6 is 0 Å². The predicted molar refractivity (Wildman–Crippen MR) is 153 cm³/mol. The quantitative estimate of drug-likeness (QED) is 0.177. The van der Waals surface area contributed by atoms with E-state index in [2.05, 4.69) is 10.8 Å². The maximum atomic E-state index is 13.0. The van der Waals surface area contributed by atoms with E-state index in [1.807, 2.05) is 0 Å². The first-order valence-corrected chi connectivity index (χ1v) is 16.1. The fraction of sp³-hybridized carbons (Fsp3) is 0.839. The molecule has 0 aliphatic heterocycles. The van der Waals surface area contributed by atoms with Crippen LogP contribution in [-0.2, 0) is 28.8 Å². The van der Waals surface area contributed by atoms with E-state index in [1.54, 1.807) is 0 Å². The molecule has 0 bridgehead atoms. The number of aliphatic carboxylic acids is 4. The second-order valence-corrected chi connectivity index (χ2v) is 13.6. The molecular formula is C31H48N2O10. The molecule has 0 saturated heterocycles. The van der Waals surface area contributed by atoms with Gasteiger partial charge in [-0.2, -0.15) is 5.48 Å². The first kappa shape index (κ1) is 33.2. The van der Waals surface area contributed by atoms with Gasteiger partial charge in [0.1, 0.15) is 0 Å².